The molecule has 0 radical (unpaired) electrons. The van der Waals surface area contributed by atoms with Gasteiger partial charge in [0.1, 0.15) is 11.6 Å². The summed E-state index contributed by atoms with van der Waals surface area (Å²) in [6, 6.07) is 17.8. The summed E-state index contributed by atoms with van der Waals surface area (Å²) in [5, 5.41) is 0.341. The third-order valence-electron chi connectivity index (χ3n) is 8.35. The maximum Gasteiger partial charge on any atom is 0.241 e. The Balaban J connectivity index is 1.51. The number of nitrogens with zero attached hydrogens (tertiary/aromatic N) is 3. The molecule has 2 atom stereocenters. The number of imidazole rings is 1. The van der Waals surface area contributed by atoms with E-state index in [1.165, 1.54) is 24.3 Å². The molecule has 5 rings (SSSR count). The van der Waals surface area contributed by atoms with Gasteiger partial charge in [0, 0.05) is 42.6 Å². The van der Waals surface area contributed by atoms with Crippen LogP contribution in [-0.2, 0) is 33.8 Å². The summed E-state index contributed by atoms with van der Waals surface area (Å²) in [5.41, 5.74) is 3.21. The van der Waals surface area contributed by atoms with Gasteiger partial charge in [-0.05, 0) is 83.3 Å². The predicted octanol–water partition coefficient (Wildman–Crippen LogP) is 7.03. The first-order valence-electron chi connectivity index (χ1n) is 14.3. The number of aromatic nitrogens is 2. The van der Waals surface area contributed by atoms with Crippen LogP contribution in [0.4, 0.5) is 10.1 Å². The van der Waals surface area contributed by atoms with E-state index < -0.39 is 16.1 Å². The van der Waals surface area contributed by atoms with E-state index in [9.17, 15) is 17.6 Å². The Bertz CT molecular complexity index is 1740. The molecular weight excluding hydrogens is 587 g/mol. The average Bonchev–Trinajstić information content (AvgIpc) is 3.37. The van der Waals surface area contributed by atoms with Crippen molar-refractivity contribution in [1.29, 1.82) is 0 Å². The van der Waals surface area contributed by atoms with E-state index in [1.807, 2.05) is 42.9 Å². The van der Waals surface area contributed by atoms with E-state index >= 15 is 0 Å². The summed E-state index contributed by atoms with van der Waals surface area (Å²) in [7, 11) is -1.99. The van der Waals surface area contributed by atoms with Crippen LogP contribution in [0.5, 0.6) is 0 Å². The molecule has 1 aliphatic carbocycles. The van der Waals surface area contributed by atoms with E-state index in [0.29, 0.717) is 23.0 Å². The quantitative estimate of drug-likeness (QED) is 0.217. The van der Waals surface area contributed by atoms with Gasteiger partial charge >= 0.3 is 0 Å². The van der Waals surface area contributed by atoms with Crippen LogP contribution in [0, 0.1) is 5.82 Å². The molecule has 0 unspecified atom stereocenters. The van der Waals surface area contributed by atoms with Gasteiger partial charge in [0.25, 0.3) is 0 Å². The first kappa shape index (κ1) is 30.9. The van der Waals surface area contributed by atoms with Crippen molar-refractivity contribution in [3.63, 3.8) is 0 Å². The molecule has 1 aromatic heterocycles. The van der Waals surface area contributed by atoms with Gasteiger partial charge in [0.15, 0.2) is 0 Å². The van der Waals surface area contributed by atoms with Gasteiger partial charge in [-0.15, -0.1) is 0 Å². The molecule has 0 saturated carbocycles. The van der Waals surface area contributed by atoms with Gasteiger partial charge in [-0.3, -0.25) is 4.79 Å². The lowest BCUT2D eigenvalue weighted by molar-refractivity contribution is -0.119. The van der Waals surface area contributed by atoms with Gasteiger partial charge in [-0.2, -0.15) is 0 Å². The maximum absolute atomic E-state index is 13.9. The van der Waals surface area contributed by atoms with Crippen LogP contribution in [0.2, 0.25) is 5.02 Å². The fourth-order valence-corrected chi connectivity index (χ4v) is 7.28. The molecule has 1 N–H and O–H groups in total. The molecule has 4 aromatic rings. The van der Waals surface area contributed by atoms with Gasteiger partial charge < -0.3 is 9.47 Å². The molecule has 1 heterocycles. The Kier molecular flexibility index (Phi) is 8.79. The number of carbonyl (C=O) groups is 1. The number of carbonyl (C=O) groups excluding carboxylic acids is 1. The number of anilines is 1. The molecule has 7 nitrogen and oxygen atoms in total. The summed E-state index contributed by atoms with van der Waals surface area (Å²) in [6.45, 7) is 6.47. The van der Waals surface area contributed by atoms with Gasteiger partial charge in [0.05, 0.1) is 11.4 Å². The fraction of sp³-hybridized carbons (Fsp3) is 0.333. The zero-order chi connectivity index (χ0) is 30.9. The van der Waals surface area contributed by atoms with Crippen molar-refractivity contribution in [3.8, 4) is 0 Å². The highest BCUT2D eigenvalue weighted by Gasteiger charge is 2.36. The topological polar surface area (TPSA) is 84.3 Å². The first-order chi connectivity index (χ1) is 20.3. The molecule has 1 aliphatic rings. The zero-order valence-corrected chi connectivity index (χ0v) is 26.3. The van der Waals surface area contributed by atoms with Crippen molar-refractivity contribution in [2.45, 2.75) is 68.8 Å². The Morgan fingerprint density at radius 1 is 1.16 bits per heavy atom. The van der Waals surface area contributed by atoms with E-state index in [-0.39, 0.29) is 40.9 Å². The number of amides is 1. The number of benzene rings is 3. The predicted molar refractivity (Wildman–Crippen MR) is 167 cm³/mol. The summed E-state index contributed by atoms with van der Waals surface area (Å²) in [4.78, 5) is 20.2. The average molecular weight is 623 g/mol. The molecule has 10 heteroatoms. The van der Waals surface area contributed by atoms with Crippen molar-refractivity contribution in [3.05, 3.63) is 112 Å². The number of halogens is 2. The number of hydrogen-bond donors (Lipinski definition) is 1. The number of hydrogen-bond acceptors (Lipinski definition) is 4. The van der Waals surface area contributed by atoms with Crippen LogP contribution < -0.4 is 9.62 Å². The Morgan fingerprint density at radius 3 is 2.58 bits per heavy atom. The molecule has 0 fully saturated rings. The molecule has 1 amide bonds. The molecule has 0 spiro atoms. The second-order valence-electron chi connectivity index (χ2n) is 11.9. The fourth-order valence-electron chi connectivity index (χ4n) is 5.72. The first-order valence-corrected chi connectivity index (χ1v) is 16.1. The minimum absolute atomic E-state index is 0.101. The highest BCUT2D eigenvalue weighted by Crippen LogP contribution is 2.44. The smallest absolute Gasteiger partial charge is 0.241 e. The van der Waals surface area contributed by atoms with Crippen molar-refractivity contribution in [2.24, 2.45) is 7.05 Å². The van der Waals surface area contributed by atoms with Crippen LogP contribution in [0.15, 0.2) is 84.0 Å². The van der Waals surface area contributed by atoms with Crippen LogP contribution in [0.25, 0.3) is 0 Å². The third kappa shape index (κ3) is 6.84. The minimum Gasteiger partial charge on any atom is -0.337 e. The van der Waals surface area contributed by atoms with E-state index in [4.69, 9.17) is 11.6 Å². The summed E-state index contributed by atoms with van der Waals surface area (Å²) in [6.07, 6.45) is 5.10. The molecule has 0 saturated heterocycles. The standard InChI is InChI=1S/C33H36ClFN4O3S/c1-22(23-8-10-25(35)11-9-23)18-32(40)39(21-31-36-16-17-38(31)4)26-12-13-29-28(20-26)30(14-15-33(29,2)3)37-43(41,42)27-7-5-6-24(34)19-27/h5-13,16-17,19-20,22,30,37H,14-15,18,21H2,1-4H3/t22-,30+/m1/s1. The molecule has 226 valence electrons. The van der Waals surface area contributed by atoms with E-state index in [0.717, 1.165) is 23.1 Å². The van der Waals surface area contributed by atoms with Crippen molar-refractivity contribution >= 4 is 33.2 Å². The second kappa shape index (κ2) is 12.2. The number of rotatable bonds is 9. The lowest BCUT2D eigenvalue weighted by atomic mass is 9.71. The van der Waals surface area contributed by atoms with Gasteiger partial charge in [-0.25, -0.2) is 22.5 Å². The van der Waals surface area contributed by atoms with Crippen LogP contribution in [-0.4, -0.2) is 23.9 Å². The van der Waals surface area contributed by atoms with Gasteiger partial charge in [-0.1, -0.05) is 56.6 Å². The van der Waals surface area contributed by atoms with E-state index in [1.54, 1.807) is 35.4 Å². The van der Waals surface area contributed by atoms with Crippen molar-refractivity contribution in [2.75, 3.05) is 4.90 Å². The number of nitrogens with one attached hydrogen (secondary N) is 1. The lowest BCUT2D eigenvalue weighted by Crippen LogP contribution is -2.37. The van der Waals surface area contributed by atoms with Gasteiger partial charge in [0.2, 0.25) is 15.9 Å². The number of fused-ring (bicyclic) bond motifs is 1. The minimum atomic E-state index is -3.86. The third-order valence-corrected chi connectivity index (χ3v) is 10.1. The summed E-state index contributed by atoms with van der Waals surface area (Å²) in [5.74, 6) is 0.118. The highest BCUT2D eigenvalue weighted by molar-refractivity contribution is 7.89. The SMILES string of the molecule is C[C@H](CC(=O)N(Cc1nccn1C)c1ccc2c(c1)[C@@H](NS(=O)(=O)c1cccc(Cl)c1)CCC2(C)C)c1ccc(F)cc1. The molecular formula is C33H36ClFN4O3S. The Morgan fingerprint density at radius 2 is 1.91 bits per heavy atom. The van der Waals surface area contributed by atoms with Crippen molar-refractivity contribution in [1.82, 2.24) is 14.3 Å². The molecule has 43 heavy (non-hydrogen) atoms. The Hall–Kier alpha value is -3.53. The molecule has 3 aromatic carbocycles. The summed E-state index contributed by atoms with van der Waals surface area (Å²) < 4.78 is 45.1. The zero-order valence-electron chi connectivity index (χ0n) is 24.7. The lowest BCUT2D eigenvalue weighted by Gasteiger charge is -2.38. The highest BCUT2D eigenvalue weighted by atomic mass is 35.5. The largest absolute Gasteiger partial charge is 0.337 e. The van der Waals surface area contributed by atoms with Crippen LogP contribution in [0.3, 0.4) is 0 Å². The Labute approximate surface area is 257 Å². The number of aryl methyl sites for hydroxylation is 1. The van der Waals surface area contributed by atoms with Crippen LogP contribution >= 0.6 is 11.6 Å². The van der Waals surface area contributed by atoms with Crippen LogP contribution in [0.1, 0.15) is 74.5 Å². The molecule has 0 aliphatic heterocycles. The number of sulfonamides is 1. The second-order valence-corrected chi connectivity index (χ2v) is 14.1. The monoisotopic (exact) mass is 622 g/mol. The van der Waals surface area contributed by atoms with E-state index in [2.05, 4.69) is 23.6 Å². The molecule has 0 bridgehead atoms. The van der Waals surface area contributed by atoms with Crippen molar-refractivity contribution < 1.29 is 17.6 Å². The summed E-state index contributed by atoms with van der Waals surface area (Å²) >= 11 is 6.10. The maximum atomic E-state index is 13.9. The normalized spacial score (nSPS) is 16.8.